The van der Waals surface area contributed by atoms with Gasteiger partial charge in [0.15, 0.2) is 0 Å². The van der Waals surface area contributed by atoms with Crippen molar-refractivity contribution in [2.24, 2.45) is 11.8 Å². The molecule has 0 heterocycles. The van der Waals surface area contributed by atoms with Crippen LogP contribution in [0.5, 0.6) is 0 Å². The van der Waals surface area contributed by atoms with E-state index >= 15 is 0 Å². The largest absolute Gasteiger partial charge is 0.388 e. The first kappa shape index (κ1) is 83.8. The van der Waals surface area contributed by atoms with E-state index in [2.05, 4.69) is 131 Å². The van der Waals surface area contributed by atoms with Crippen LogP contribution < -0.4 is 10.6 Å². The molecule has 538 valence electrons. The lowest BCUT2D eigenvalue weighted by Gasteiger charge is -2.16. The van der Waals surface area contributed by atoms with Gasteiger partial charge in [-0.3, -0.25) is 9.59 Å². The molecule has 0 aliphatic rings. The van der Waals surface area contributed by atoms with Gasteiger partial charge < -0.3 is 77.7 Å². The van der Waals surface area contributed by atoms with E-state index in [0.717, 1.165) is 36.8 Å². The Labute approximate surface area is 584 Å². The average Bonchev–Trinajstić information content (AvgIpc) is 1.35. The summed E-state index contributed by atoms with van der Waals surface area (Å²) in [6.45, 7) is 19.5. The third-order valence-corrected chi connectivity index (χ3v) is 15.1. The van der Waals surface area contributed by atoms with Gasteiger partial charge in [0, 0.05) is 37.8 Å². The molecule has 0 unspecified atom stereocenters. The van der Waals surface area contributed by atoms with Crippen LogP contribution in [0.25, 0.3) is 21.5 Å². The van der Waals surface area contributed by atoms with E-state index in [0.29, 0.717) is 197 Å². The maximum atomic E-state index is 12.1. The van der Waals surface area contributed by atoms with E-state index in [1.54, 1.807) is 12.2 Å². The number of aliphatic hydroxyl groups is 2. The zero-order chi connectivity index (χ0) is 69.8. The Balaban J connectivity index is 0.766. The van der Waals surface area contributed by atoms with Crippen LogP contribution >= 0.6 is 0 Å². The van der Waals surface area contributed by atoms with Crippen molar-refractivity contribution < 1.29 is 76.6 Å². The topological polar surface area (TPSA) is 209 Å². The number of carbonyl (C=O) groups excluding carboxylic acids is 2. The van der Waals surface area contributed by atoms with Crippen molar-refractivity contribution in [1.82, 2.24) is 10.6 Å². The molecule has 0 saturated heterocycles. The van der Waals surface area contributed by atoms with Gasteiger partial charge in [0.2, 0.25) is 11.8 Å². The summed E-state index contributed by atoms with van der Waals surface area (Å²) in [5, 5.41) is 32.2. The molecule has 0 saturated carbocycles. The van der Waals surface area contributed by atoms with Crippen molar-refractivity contribution >= 4 is 33.4 Å². The Kier molecular flexibility index (Phi) is 49.7. The Bertz CT molecular complexity index is 2860. The molecule has 4 rings (SSSR count). The molecular formula is C80H112N2O16. The van der Waals surface area contributed by atoms with Crippen molar-refractivity contribution in [1.29, 1.82) is 0 Å². The van der Waals surface area contributed by atoms with Gasteiger partial charge in [-0.2, -0.15) is 0 Å². The summed E-state index contributed by atoms with van der Waals surface area (Å²) < 4.78 is 66.5. The molecule has 0 radical (unpaired) electrons. The number of aryl methyl sites for hydroxylation is 2. The van der Waals surface area contributed by atoms with Gasteiger partial charge in [-0.15, -0.1) is 0 Å². The highest BCUT2D eigenvalue weighted by molar-refractivity contribution is 5.88. The van der Waals surface area contributed by atoms with Gasteiger partial charge in [0.05, 0.1) is 171 Å². The van der Waals surface area contributed by atoms with Crippen LogP contribution in [-0.4, -0.2) is 206 Å². The fourth-order valence-electron chi connectivity index (χ4n) is 9.49. The summed E-state index contributed by atoms with van der Waals surface area (Å²) in [5.41, 5.74) is 4.51. The summed E-state index contributed by atoms with van der Waals surface area (Å²) in [7, 11) is 0. The Hall–Kier alpha value is -6.66. The minimum absolute atomic E-state index is 0.0539. The van der Waals surface area contributed by atoms with Crippen LogP contribution in [0.3, 0.4) is 0 Å². The minimum Gasteiger partial charge on any atom is -0.388 e. The predicted molar refractivity (Wildman–Crippen MR) is 389 cm³/mol. The fourth-order valence-corrected chi connectivity index (χ4v) is 9.49. The van der Waals surface area contributed by atoms with E-state index in [1.165, 1.54) is 44.8 Å². The van der Waals surface area contributed by atoms with Crippen LogP contribution in [0.2, 0.25) is 0 Å². The third kappa shape index (κ3) is 43.7. The zero-order valence-electron chi connectivity index (χ0n) is 58.8. The second-order valence-electron chi connectivity index (χ2n) is 23.1. The highest BCUT2D eigenvalue weighted by Crippen LogP contribution is 2.21. The van der Waals surface area contributed by atoms with Gasteiger partial charge in [-0.25, -0.2) is 0 Å². The number of benzene rings is 4. The number of hydrogen-bond donors (Lipinski definition) is 4. The fraction of sp³-hybridized carbons (Fsp3) is 0.525. The second-order valence-corrected chi connectivity index (χ2v) is 23.1. The minimum atomic E-state index is -0.558. The standard InChI is InChI=1S/C80H112N2O16/c1-67(79(85)69(3)25-21-27-71-35-37-73-29-17-19-31-75(73)65-71)23-13-9-5-7-11-15-33-77(83)81-39-41-87-43-45-89-47-49-91-51-53-93-55-57-95-59-61-97-63-64-98-62-60-96-58-56-94-54-52-92-50-48-90-46-44-88-42-40-82-78(84)34-16-12-8-6-10-14-24-68(2)80(86)70(4)26-22-28-72-36-38-74-30-18-20-32-76(74)66-72/h13-20,23-26,29-38,65-68,79-80,85-86H,7-8,11-12,21-22,27-28,39-64H2,1-4H3,(H,81,83)(H,82,84)/b23-13+,24-14+,33-15+,34-16+,69-25+,70-26+/t67-,68-,79-,80-/m1/s1. The number of nitrogens with one attached hydrogen (secondary N) is 2. The van der Waals surface area contributed by atoms with E-state index in [1.807, 2.05) is 52.0 Å². The number of allylic oxidation sites excluding steroid dienone is 6. The van der Waals surface area contributed by atoms with Crippen molar-refractivity contribution in [2.45, 2.75) is 91.3 Å². The molecule has 18 nitrogen and oxygen atoms in total. The van der Waals surface area contributed by atoms with Crippen LogP contribution in [-0.2, 0) is 79.3 Å². The van der Waals surface area contributed by atoms with E-state index in [-0.39, 0.29) is 23.7 Å². The third-order valence-electron chi connectivity index (χ3n) is 15.1. The number of carbonyl (C=O) groups is 2. The summed E-state index contributed by atoms with van der Waals surface area (Å²) >= 11 is 0. The number of rotatable bonds is 57. The van der Waals surface area contributed by atoms with Crippen molar-refractivity contribution in [3.63, 3.8) is 0 Å². The molecule has 2 amide bonds. The number of unbranched alkanes of at least 4 members (excludes halogenated alkanes) is 2. The first-order valence-electron chi connectivity index (χ1n) is 34.9. The molecule has 98 heavy (non-hydrogen) atoms. The number of amides is 2. The SMILES string of the molecule is C/C(=C\CCc1ccc2ccccc2c1)[C@H](O)[C@H](C)/C=C/C#CCC/C=C/C(=O)NCCOCCOCCOCCOCCOCCOCCOCCOCCOCCOCCOCCOCCNC(=O)/C=C/CCC#C/C=C/[C@@H](C)[C@@H](O)/C(C)=C/CCc1ccc2ccccc2c1. The molecule has 4 aromatic rings. The summed E-state index contributed by atoms with van der Waals surface area (Å²) in [4.78, 5) is 24.2. The lowest BCUT2D eigenvalue weighted by molar-refractivity contribution is -0.117. The van der Waals surface area contributed by atoms with Crippen LogP contribution in [0.1, 0.15) is 77.3 Å². The number of ether oxygens (including phenoxy) is 12. The van der Waals surface area contributed by atoms with Crippen molar-refractivity contribution in [3.05, 3.63) is 168 Å². The molecule has 0 spiro atoms. The highest BCUT2D eigenvalue weighted by Gasteiger charge is 2.14. The summed E-state index contributed by atoms with van der Waals surface area (Å²) in [6, 6.07) is 29.9. The maximum absolute atomic E-state index is 12.1. The molecule has 4 N–H and O–H groups in total. The monoisotopic (exact) mass is 1360 g/mol. The van der Waals surface area contributed by atoms with Gasteiger partial charge in [0.1, 0.15) is 0 Å². The van der Waals surface area contributed by atoms with Crippen LogP contribution in [0.15, 0.2) is 157 Å². The molecule has 0 bridgehead atoms. The summed E-state index contributed by atoms with van der Waals surface area (Å²) in [5.74, 6) is 11.8. The Morgan fingerprint density at radius 2 is 0.684 bits per heavy atom. The molecule has 0 aliphatic carbocycles. The zero-order valence-corrected chi connectivity index (χ0v) is 58.8. The molecule has 0 fully saturated rings. The predicted octanol–water partition coefficient (Wildman–Crippen LogP) is 10.7. The highest BCUT2D eigenvalue weighted by atomic mass is 16.6. The molecule has 18 heteroatoms. The Morgan fingerprint density at radius 1 is 0.398 bits per heavy atom. The van der Waals surface area contributed by atoms with Gasteiger partial charge in [-0.05, 0) is 120 Å². The first-order chi connectivity index (χ1) is 48.1. The van der Waals surface area contributed by atoms with Crippen molar-refractivity contribution in [3.8, 4) is 23.7 Å². The quantitative estimate of drug-likeness (QED) is 0.0140. The van der Waals surface area contributed by atoms with Crippen LogP contribution in [0.4, 0.5) is 0 Å². The normalized spacial score (nSPS) is 13.4. The van der Waals surface area contributed by atoms with Crippen LogP contribution in [0, 0.1) is 35.5 Å². The van der Waals surface area contributed by atoms with Gasteiger partial charge in [-0.1, -0.05) is 159 Å². The smallest absolute Gasteiger partial charge is 0.243 e. The lowest BCUT2D eigenvalue weighted by Crippen LogP contribution is -2.26. The van der Waals surface area contributed by atoms with Gasteiger partial charge in [0.25, 0.3) is 0 Å². The van der Waals surface area contributed by atoms with E-state index in [4.69, 9.17) is 56.8 Å². The van der Waals surface area contributed by atoms with Crippen molar-refractivity contribution in [2.75, 3.05) is 172 Å². The van der Waals surface area contributed by atoms with Gasteiger partial charge >= 0.3 is 0 Å². The molecule has 0 aromatic heterocycles. The first-order valence-corrected chi connectivity index (χ1v) is 34.9. The number of hydrogen-bond acceptors (Lipinski definition) is 16. The second kappa shape index (κ2) is 58.2. The number of fused-ring (bicyclic) bond motifs is 2. The van der Waals surface area contributed by atoms with E-state index < -0.39 is 12.2 Å². The molecular weight excluding hydrogens is 1240 g/mol. The molecule has 0 aliphatic heterocycles. The maximum Gasteiger partial charge on any atom is 0.243 e. The lowest BCUT2D eigenvalue weighted by atomic mass is 9.96. The molecule has 4 aromatic carbocycles. The average molecular weight is 1360 g/mol. The molecule has 4 atom stereocenters. The van der Waals surface area contributed by atoms with E-state index in [9.17, 15) is 19.8 Å². The Morgan fingerprint density at radius 3 is 0.990 bits per heavy atom. The summed E-state index contributed by atoms with van der Waals surface area (Å²) in [6.07, 6.45) is 23.4. The number of aliphatic hydroxyl groups excluding tert-OH is 2.